The molecule has 0 saturated carbocycles. The minimum Gasteiger partial charge on any atom is -0.493 e. The fourth-order valence-corrected chi connectivity index (χ4v) is 3.98. The maximum Gasteiger partial charge on any atom is 0.413 e. The van der Waals surface area contributed by atoms with Crippen LogP contribution in [0.1, 0.15) is 43.1 Å². The van der Waals surface area contributed by atoms with Crippen molar-refractivity contribution in [2.45, 2.75) is 39.0 Å². The predicted octanol–water partition coefficient (Wildman–Crippen LogP) is 3.27. The van der Waals surface area contributed by atoms with Crippen LogP contribution >= 0.6 is 0 Å². The third kappa shape index (κ3) is 7.78. The van der Waals surface area contributed by atoms with Gasteiger partial charge in [0.2, 0.25) is 17.9 Å². The average Bonchev–Trinajstić information content (AvgIpc) is 2.95. The van der Waals surface area contributed by atoms with Gasteiger partial charge in [-0.05, 0) is 24.1 Å². The molecule has 40 heavy (non-hydrogen) atoms. The van der Waals surface area contributed by atoms with Crippen molar-refractivity contribution in [1.82, 2.24) is 10.2 Å². The molecule has 0 fully saturated rings. The number of esters is 2. The Morgan fingerprint density at radius 2 is 1.55 bits per heavy atom. The van der Waals surface area contributed by atoms with Gasteiger partial charge in [0.1, 0.15) is 18.7 Å². The molecule has 0 bridgehead atoms. The van der Waals surface area contributed by atoms with E-state index in [1.54, 1.807) is 24.3 Å². The maximum atomic E-state index is 13.2. The van der Waals surface area contributed by atoms with E-state index in [0.29, 0.717) is 17.7 Å². The van der Waals surface area contributed by atoms with Gasteiger partial charge in [-0.1, -0.05) is 37.3 Å². The number of ether oxygens (including phenoxy) is 6. The van der Waals surface area contributed by atoms with Gasteiger partial charge in [0, 0.05) is 20.9 Å². The summed E-state index contributed by atoms with van der Waals surface area (Å²) in [4.78, 5) is 50.6. The van der Waals surface area contributed by atoms with E-state index >= 15 is 0 Å². The number of likely N-dealkylation sites (N-methyl/N-ethyl adjacent to an activating group) is 1. The van der Waals surface area contributed by atoms with Crippen molar-refractivity contribution in [3.8, 4) is 17.2 Å². The summed E-state index contributed by atoms with van der Waals surface area (Å²) in [5.41, 5.74) is -0.309. The molecule has 0 aliphatic heterocycles. The Morgan fingerprint density at radius 3 is 2.05 bits per heavy atom. The number of methoxy groups -OCH3 is 3. The van der Waals surface area contributed by atoms with Gasteiger partial charge in [-0.25, -0.2) is 9.59 Å². The maximum absolute atomic E-state index is 13.2. The van der Waals surface area contributed by atoms with Gasteiger partial charge in [-0.15, -0.1) is 0 Å². The average molecular weight is 561 g/mol. The Kier molecular flexibility index (Phi) is 11.6. The number of nitrogens with zero attached hydrogens (tertiary/aromatic N) is 1. The zero-order chi connectivity index (χ0) is 29.9. The normalized spacial score (nSPS) is 12.7. The molecule has 0 heterocycles. The van der Waals surface area contributed by atoms with Crippen molar-refractivity contribution in [3.63, 3.8) is 0 Å². The van der Waals surface area contributed by atoms with Crippen molar-refractivity contribution in [2.75, 3.05) is 41.5 Å². The van der Waals surface area contributed by atoms with Crippen LogP contribution in [-0.2, 0) is 29.3 Å². The number of hydrogen-bond acceptors (Lipinski definition) is 10. The fourth-order valence-electron chi connectivity index (χ4n) is 3.98. The summed E-state index contributed by atoms with van der Waals surface area (Å²) in [6, 6.07) is 12.0. The molecule has 0 aromatic heterocycles. The van der Waals surface area contributed by atoms with Crippen LogP contribution in [0, 0.1) is 0 Å². The lowest BCUT2D eigenvalue weighted by atomic mass is 9.86. The Bertz CT molecular complexity index is 1160. The quantitative estimate of drug-likeness (QED) is 0.287. The summed E-state index contributed by atoms with van der Waals surface area (Å²) in [5.74, 6) is -0.985. The zero-order valence-electron chi connectivity index (χ0n) is 23.8. The van der Waals surface area contributed by atoms with Crippen LogP contribution in [0.3, 0.4) is 0 Å². The first-order valence-electron chi connectivity index (χ1n) is 12.4. The van der Waals surface area contributed by atoms with Gasteiger partial charge in [0.15, 0.2) is 11.5 Å². The van der Waals surface area contributed by atoms with Crippen LogP contribution in [0.4, 0.5) is 4.79 Å². The molecule has 2 atom stereocenters. The lowest BCUT2D eigenvalue weighted by Crippen LogP contribution is -2.51. The monoisotopic (exact) mass is 560 g/mol. The summed E-state index contributed by atoms with van der Waals surface area (Å²) in [6.07, 6.45) is -1.74. The smallest absolute Gasteiger partial charge is 0.413 e. The molecule has 0 radical (unpaired) electrons. The van der Waals surface area contributed by atoms with Crippen LogP contribution in [0.15, 0.2) is 42.5 Å². The molecule has 0 aliphatic carbocycles. The summed E-state index contributed by atoms with van der Waals surface area (Å²) in [7, 11) is 5.82. The van der Waals surface area contributed by atoms with E-state index in [0.717, 1.165) is 0 Å². The predicted molar refractivity (Wildman–Crippen MR) is 143 cm³/mol. The molecule has 0 saturated heterocycles. The first kappa shape index (κ1) is 31.7. The SMILES string of the molecule is CCC(COC(=O)c1cc(OC)c(OC)c(OC)c1)(c1ccccc1)N(C)C(=O)O[C@@H](C)OC(=O)CNC(C)=O. The number of benzene rings is 2. The summed E-state index contributed by atoms with van der Waals surface area (Å²) in [6.45, 7) is 3.87. The van der Waals surface area contributed by atoms with Crippen LogP contribution in [0.25, 0.3) is 0 Å². The summed E-state index contributed by atoms with van der Waals surface area (Å²) in [5, 5.41) is 2.31. The first-order chi connectivity index (χ1) is 19.0. The van der Waals surface area contributed by atoms with Crippen LogP contribution in [0.2, 0.25) is 0 Å². The van der Waals surface area contributed by atoms with E-state index in [1.807, 2.05) is 13.0 Å². The number of carbonyl (C=O) groups is 4. The van der Waals surface area contributed by atoms with E-state index in [1.165, 1.54) is 59.3 Å². The van der Waals surface area contributed by atoms with Gasteiger partial charge in [0.25, 0.3) is 0 Å². The van der Waals surface area contributed by atoms with Crippen LogP contribution in [-0.4, -0.2) is 76.7 Å². The highest BCUT2D eigenvalue weighted by Gasteiger charge is 2.41. The van der Waals surface area contributed by atoms with Gasteiger partial charge in [-0.2, -0.15) is 0 Å². The molecule has 218 valence electrons. The second kappa shape index (κ2) is 14.6. The van der Waals surface area contributed by atoms with Crippen molar-refractivity contribution < 1.29 is 47.6 Å². The Labute approximate surface area is 233 Å². The topological polar surface area (TPSA) is 139 Å². The highest BCUT2D eigenvalue weighted by molar-refractivity contribution is 5.91. The molecule has 2 rings (SSSR count). The zero-order valence-corrected chi connectivity index (χ0v) is 23.8. The fraction of sp³-hybridized carbons (Fsp3) is 0.429. The minimum absolute atomic E-state index is 0.150. The molecular formula is C28H36N2O10. The third-order valence-corrected chi connectivity index (χ3v) is 6.20. The van der Waals surface area contributed by atoms with Crippen molar-refractivity contribution >= 4 is 23.9 Å². The summed E-state index contributed by atoms with van der Waals surface area (Å²) >= 11 is 0. The van der Waals surface area contributed by atoms with Gasteiger partial charge < -0.3 is 33.7 Å². The largest absolute Gasteiger partial charge is 0.493 e. The van der Waals surface area contributed by atoms with E-state index in [-0.39, 0.29) is 30.2 Å². The van der Waals surface area contributed by atoms with Crippen molar-refractivity contribution in [1.29, 1.82) is 0 Å². The van der Waals surface area contributed by atoms with Crippen LogP contribution in [0.5, 0.6) is 17.2 Å². The van der Waals surface area contributed by atoms with Gasteiger partial charge >= 0.3 is 18.0 Å². The van der Waals surface area contributed by atoms with E-state index < -0.39 is 35.8 Å². The van der Waals surface area contributed by atoms with E-state index in [9.17, 15) is 19.2 Å². The molecule has 2 aromatic rings. The Morgan fingerprint density at radius 1 is 0.950 bits per heavy atom. The standard InChI is InChI=1S/C28H36N2O10/c1-8-28(21-12-10-9-11-13-21,30(4)27(34)40-19(3)39-24(32)16-29-18(2)31)17-38-26(33)20-14-22(35-5)25(37-7)23(15-20)36-6/h9-15,19H,8,16-17H2,1-7H3,(H,29,31)/t19-,28?/m0/s1. The van der Waals surface area contributed by atoms with Crippen LogP contribution < -0.4 is 19.5 Å². The number of amides is 2. The van der Waals surface area contributed by atoms with E-state index in [4.69, 9.17) is 28.4 Å². The second-order valence-corrected chi connectivity index (χ2v) is 8.65. The minimum atomic E-state index is -1.25. The molecule has 12 heteroatoms. The number of rotatable bonds is 13. The first-order valence-corrected chi connectivity index (χ1v) is 12.4. The molecule has 0 spiro atoms. The van der Waals surface area contributed by atoms with Gasteiger partial charge in [-0.3, -0.25) is 14.5 Å². The highest BCUT2D eigenvalue weighted by atomic mass is 16.7. The number of nitrogens with one attached hydrogen (secondary N) is 1. The van der Waals surface area contributed by atoms with Crippen molar-refractivity contribution in [3.05, 3.63) is 53.6 Å². The second-order valence-electron chi connectivity index (χ2n) is 8.65. The summed E-state index contributed by atoms with van der Waals surface area (Å²) < 4.78 is 32.1. The van der Waals surface area contributed by atoms with Crippen molar-refractivity contribution in [2.24, 2.45) is 0 Å². The molecule has 0 aliphatic rings. The third-order valence-electron chi connectivity index (χ3n) is 6.20. The molecule has 2 aromatic carbocycles. The number of carbonyl (C=O) groups excluding carboxylic acids is 4. The number of hydrogen-bond donors (Lipinski definition) is 1. The van der Waals surface area contributed by atoms with E-state index in [2.05, 4.69) is 5.32 Å². The lowest BCUT2D eigenvalue weighted by Gasteiger charge is -2.40. The molecule has 1 unspecified atom stereocenters. The van der Waals surface area contributed by atoms with Gasteiger partial charge in [0.05, 0.1) is 26.9 Å². The molecule has 12 nitrogen and oxygen atoms in total. The Balaban J connectivity index is 2.29. The molecule has 1 N–H and O–H groups in total. The molecule has 2 amide bonds. The Hall–Kier alpha value is -4.48. The highest BCUT2D eigenvalue weighted by Crippen LogP contribution is 2.39. The molecular weight excluding hydrogens is 524 g/mol. The lowest BCUT2D eigenvalue weighted by molar-refractivity contribution is -0.166.